The summed E-state index contributed by atoms with van der Waals surface area (Å²) in [7, 11) is 0. The van der Waals surface area contributed by atoms with Gasteiger partial charge in [0.15, 0.2) is 5.84 Å². The number of nitrogens with two attached hydrogens (primary N) is 1. The van der Waals surface area contributed by atoms with Crippen LogP contribution in [0.25, 0.3) is 0 Å². The third-order valence-electron chi connectivity index (χ3n) is 3.35. The van der Waals surface area contributed by atoms with Crippen LogP contribution in [-0.4, -0.2) is 24.1 Å². The van der Waals surface area contributed by atoms with Gasteiger partial charge in [0.25, 0.3) is 0 Å². The predicted octanol–water partition coefficient (Wildman–Crippen LogP) is 1.29. The van der Waals surface area contributed by atoms with E-state index in [-0.39, 0.29) is 5.84 Å². The van der Waals surface area contributed by atoms with E-state index < -0.39 is 0 Å². The number of nitrogens with zero attached hydrogens (tertiary/aromatic N) is 1. The fourth-order valence-corrected chi connectivity index (χ4v) is 2.27. The van der Waals surface area contributed by atoms with Gasteiger partial charge in [0, 0.05) is 6.54 Å². The first-order chi connectivity index (χ1) is 6.72. The Morgan fingerprint density at radius 3 is 2.64 bits per heavy atom. The maximum Gasteiger partial charge on any atom is 0.153 e. The molecular weight excluding hydrogens is 178 g/mol. The van der Waals surface area contributed by atoms with E-state index in [1.807, 2.05) is 0 Å². The maximum absolute atomic E-state index is 8.37. The molecular formula is C10H21N3O. The lowest BCUT2D eigenvalue weighted by molar-refractivity contribution is 0.272. The lowest BCUT2D eigenvalue weighted by Gasteiger charge is -2.27. The molecule has 0 aliphatic heterocycles. The van der Waals surface area contributed by atoms with Crippen molar-refractivity contribution in [3.63, 3.8) is 0 Å². The largest absolute Gasteiger partial charge is 0.409 e. The van der Waals surface area contributed by atoms with Gasteiger partial charge in [-0.25, -0.2) is 0 Å². The van der Waals surface area contributed by atoms with Crippen LogP contribution in [0.2, 0.25) is 0 Å². The molecule has 0 atom stereocenters. The molecule has 0 aromatic carbocycles. The van der Waals surface area contributed by atoms with Gasteiger partial charge < -0.3 is 16.3 Å². The van der Waals surface area contributed by atoms with Gasteiger partial charge in [-0.05, 0) is 24.7 Å². The molecule has 1 fully saturated rings. The van der Waals surface area contributed by atoms with E-state index >= 15 is 0 Å². The van der Waals surface area contributed by atoms with Crippen molar-refractivity contribution in [3.05, 3.63) is 0 Å². The van der Waals surface area contributed by atoms with Crippen molar-refractivity contribution in [1.82, 2.24) is 5.32 Å². The summed E-state index contributed by atoms with van der Waals surface area (Å²) in [5, 5.41) is 14.6. The minimum Gasteiger partial charge on any atom is -0.409 e. The zero-order valence-corrected chi connectivity index (χ0v) is 8.92. The summed E-state index contributed by atoms with van der Waals surface area (Å²) in [4.78, 5) is 0. The van der Waals surface area contributed by atoms with E-state index in [2.05, 4.69) is 17.4 Å². The molecule has 4 N–H and O–H groups in total. The van der Waals surface area contributed by atoms with Crippen LogP contribution < -0.4 is 11.1 Å². The minimum absolute atomic E-state index is 0.259. The molecule has 4 nitrogen and oxygen atoms in total. The number of oxime groups is 1. The molecule has 4 heteroatoms. The van der Waals surface area contributed by atoms with Crippen LogP contribution in [0.5, 0.6) is 0 Å². The second-order valence-electron chi connectivity index (χ2n) is 4.26. The average Bonchev–Trinajstić information content (AvgIpc) is 2.67. The van der Waals surface area contributed by atoms with Crippen LogP contribution in [0.3, 0.4) is 0 Å². The number of hydrogen-bond acceptors (Lipinski definition) is 3. The van der Waals surface area contributed by atoms with Crippen LogP contribution >= 0.6 is 0 Å². The smallest absolute Gasteiger partial charge is 0.153 e. The Morgan fingerprint density at radius 1 is 1.50 bits per heavy atom. The summed E-state index contributed by atoms with van der Waals surface area (Å²) in [5.41, 5.74) is 5.85. The highest BCUT2D eigenvalue weighted by Gasteiger charge is 2.31. The second kappa shape index (κ2) is 5.20. The second-order valence-corrected chi connectivity index (χ2v) is 4.26. The highest BCUT2D eigenvalue weighted by molar-refractivity contribution is 5.81. The fourth-order valence-electron chi connectivity index (χ4n) is 2.27. The average molecular weight is 199 g/mol. The van der Waals surface area contributed by atoms with Crippen molar-refractivity contribution in [3.8, 4) is 0 Å². The van der Waals surface area contributed by atoms with E-state index in [9.17, 15) is 0 Å². The molecule has 0 saturated heterocycles. The van der Waals surface area contributed by atoms with E-state index in [1.54, 1.807) is 0 Å². The van der Waals surface area contributed by atoms with Gasteiger partial charge in [-0.15, -0.1) is 0 Å². The molecule has 0 aromatic rings. The molecule has 0 heterocycles. The van der Waals surface area contributed by atoms with Crippen molar-refractivity contribution < 1.29 is 5.21 Å². The molecule has 82 valence electrons. The van der Waals surface area contributed by atoms with Crippen LogP contribution in [-0.2, 0) is 0 Å². The normalized spacial score (nSPS) is 21.4. The Kier molecular flexibility index (Phi) is 4.20. The molecule has 14 heavy (non-hydrogen) atoms. The monoisotopic (exact) mass is 199 g/mol. The van der Waals surface area contributed by atoms with Gasteiger partial charge in [-0.3, -0.25) is 0 Å². The zero-order valence-electron chi connectivity index (χ0n) is 8.92. The van der Waals surface area contributed by atoms with Crippen LogP contribution in [0.4, 0.5) is 0 Å². The summed E-state index contributed by atoms with van der Waals surface area (Å²) < 4.78 is 0. The van der Waals surface area contributed by atoms with Gasteiger partial charge in [0.1, 0.15) is 0 Å². The van der Waals surface area contributed by atoms with E-state index in [0.29, 0.717) is 12.0 Å². The number of nitrogens with one attached hydrogen (secondary N) is 1. The number of amidine groups is 1. The third-order valence-corrected chi connectivity index (χ3v) is 3.35. The molecule has 0 aromatic heterocycles. The van der Waals surface area contributed by atoms with Crippen molar-refractivity contribution >= 4 is 5.84 Å². The Hall–Kier alpha value is -0.770. The van der Waals surface area contributed by atoms with Crippen LogP contribution in [0.1, 0.15) is 39.0 Å². The molecule has 1 saturated carbocycles. The topological polar surface area (TPSA) is 70.6 Å². The summed E-state index contributed by atoms with van der Waals surface area (Å²) >= 11 is 0. The first-order valence-electron chi connectivity index (χ1n) is 5.39. The van der Waals surface area contributed by atoms with Gasteiger partial charge in [-0.1, -0.05) is 24.9 Å². The van der Waals surface area contributed by atoms with Crippen LogP contribution in [0.15, 0.2) is 5.16 Å². The Labute approximate surface area is 85.6 Å². The Balaban J connectivity index is 2.28. The van der Waals surface area contributed by atoms with E-state index in [4.69, 9.17) is 10.9 Å². The first-order valence-corrected chi connectivity index (χ1v) is 5.39. The number of rotatable bonds is 5. The summed E-state index contributed by atoms with van der Waals surface area (Å²) in [5.74, 6) is 0.259. The molecule has 1 aliphatic carbocycles. The molecule has 0 spiro atoms. The predicted molar refractivity (Wildman–Crippen MR) is 57.5 cm³/mol. The SMILES string of the molecule is CCC1(CNCC(N)=NO)CCCC1. The van der Waals surface area contributed by atoms with Gasteiger partial charge in [0.2, 0.25) is 0 Å². The maximum atomic E-state index is 8.37. The van der Waals surface area contributed by atoms with Gasteiger partial charge >= 0.3 is 0 Å². The first kappa shape index (κ1) is 11.3. The molecule has 0 unspecified atom stereocenters. The molecule has 0 amide bonds. The molecule has 0 radical (unpaired) electrons. The highest BCUT2D eigenvalue weighted by atomic mass is 16.4. The summed E-state index contributed by atoms with van der Waals surface area (Å²) in [6.45, 7) is 3.72. The standard InChI is InChI=1S/C10H21N3O/c1-2-10(5-3-4-6-10)8-12-7-9(11)13-14/h12,14H,2-8H2,1H3,(H2,11,13). The third kappa shape index (κ3) is 2.87. The highest BCUT2D eigenvalue weighted by Crippen LogP contribution is 2.40. The Morgan fingerprint density at radius 2 is 2.14 bits per heavy atom. The minimum atomic E-state index is 0.259. The molecule has 1 rings (SSSR count). The van der Waals surface area contributed by atoms with E-state index in [1.165, 1.54) is 32.1 Å². The molecule has 1 aliphatic rings. The van der Waals surface area contributed by atoms with Crippen molar-refractivity contribution in [2.45, 2.75) is 39.0 Å². The van der Waals surface area contributed by atoms with Gasteiger partial charge in [-0.2, -0.15) is 0 Å². The zero-order chi connectivity index (χ0) is 10.4. The Bertz CT molecular complexity index is 198. The van der Waals surface area contributed by atoms with Crippen LogP contribution in [0, 0.1) is 5.41 Å². The van der Waals surface area contributed by atoms with E-state index in [0.717, 1.165) is 6.54 Å². The summed E-state index contributed by atoms with van der Waals surface area (Å²) in [6, 6.07) is 0. The lowest BCUT2D eigenvalue weighted by Crippen LogP contribution is -2.37. The van der Waals surface area contributed by atoms with Gasteiger partial charge in [0.05, 0.1) is 6.54 Å². The quantitative estimate of drug-likeness (QED) is 0.270. The number of hydrogen-bond donors (Lipinski definition) is 3. The fraction of sp³-hybridized carbons (Fsp3) is 0.900. The van der Waals surface area contributed by atoms with Crippen molar-refractivity contribution in [2.24, 2.45) is 16.3 Å². The van der Waals surface area contributed by atoms with Crippen molar-refractivity contribution in [2.75, 3.05) is 13.1 Å². The lowest BCUT2D eigenvalue weighted by atomic mass is 9.83. The van der Waals surface area contributed by atoms with Crippen molar-refractivity contribution in [1.29, 1.82) is 0 Å². The summed E-state index contributed by atoms with van der Waals surface area (Å²) in [6.07, 6.45) is 6.54. The molecule has 0 bridgehead atoms.